The number of nitrogen functional groups attached to an aromatic ring is 1. The summed E-state index contributed by atoms with van der Waals surface area (Å²) in [5.74, 6) is -0.402. The molecule has 2 unspecified atom stereocenters. The summed E-state index contributed by atoms with van der Waals surface area (Å²) in [6, 6.07) is 1.59. The van der Waals surface area contributed by atoms with Crippen molar-refractivity contribution in [1.29, 1.82) is 0 Å². The fraction of sp³-hybridized carbons (Fsp3) is 0.550. The molecule has 8 atom stereocenters. The van der Waals surface area contributed by atoms with Crippen molar-refractivity contribution in [2.75, 3.05) is 25.6 Å². The zero-order valence-corrected chi connectivity index (χ0v) is 24.5. The Morgan fingerprint density at radius 1 is 1.17 bits per heavy atom. The molecule has 2 bridgehead atoms. The normalized spacial score (nSPS) is 38.1. The lowest BCUT2D eigenvalue weighted by Gasteiger charge is -2.34. The number of aromatic amines is 1. The molecule has 2 aliphatic heterocycles. The van der Waals surface area contributed by atoms with E-state index in [1.165, 1.54) is 17.1 Å². The van der Waals surface area contributed by atoms with Crippen molar-refractivity contribution in [2.45, 2.75) is 43.0 Å². The lowest BCUT2D eigenvalue weighted by molar-refractivity contribution is -0.0928. The minimum atomic E-state index is -4.30. The predicted molar refractivity (Wildman–Crippen MR) is 147 cm³/mol. The molecule has 0 amide bonds. The van der Waals surface area contributed by atoms with Crippen molar-refractivity contribution in [3.05, 3.63) is 35.3 Å². The van der Waals surface area contributed by atoms with Gasteiger partial charge in [0.25, 0.3) is 5.56 Å². The fourth-order valence-corrected chi connectivity index (χ4v) is 8.38. The molecule has 2 saturated heterocycles. The second-order valence-corrected chi connectivity index (χ2v) is 15.4. The molecule has 3 aliphatic rings. The number of nitrogens with zero attached hydrogens (tertiary/aromatic N) is 5. The Bertz CT molecular complexity index is 1600. The molecule has 1 saturated carbocycles. The number of hydrogen-bond acceptors (Lipinski definition) is 15. The average Bonchev–Trinajstić information content (AvgIpc) is 3.58. The second kappa shape index (κ2) is 10.9. The van der Waals surface area contributed by atoms with Crippen LogP contribution in [0.25, 0.3) is 11.2 Å². The van der Waals surface area contributed by atoms with E-state index < -0.39 is 68.4 Å². The zero-order valence-electron chi connectivity index (χ0n) is 21.0. The van der Waals surface area contributed by atoms with Gasteiger partial charge >= 0.3 is 13.6 Å². The Labute approximate surface area is 241 Å². The van der Waals surface area contributed by atoms with E-state index in [-0.39, 0.29) is 30.1 Å². The number of nitrogens with two attached hydrogens (primary N) is 1. The molecule has 0 radical (unpaired) electrons. The number of H-pyrrole nitrogens is 1. The highest BCUT2D eigenvalue weighted by atomic mass is 32.7. The topological polar surface area (TPSA) is 225 Å². The number of thiol groups is 2. The molecule has 4 N–H and O–H groups in total. The lowest BCUT2D eigenvalue weighted by atomic mass is 10.1. The van der Waals surface area contributed by atoms with Crippen molar-refractivity contribution < 1.29 is 41.8 Å². The van der Waals surface area contributed by atoms with Gasteiger partial charge in [-0.05, 0) is 6.42 Å². The highest BCUT2D eigenvalue weighted by molar-refractivity contribution is 8.44. The molecule has 0 spiro atoms. The van der Waals surface area contributed by atoms with Gasteiger partial charge in [-0.3, -0.25) is 27.9 Å². The minimum absolute atomic E-state index is 0.0862. The first-order chi connectivity index (χ1) is 19.4. The number of ether oxygens (including phenoxy) is 2. The van der Waals surface area contributed by atoms with Crippen LogP contribution in [0, 0.1) is 5.92 Å². The summed E-state index contributed by atoms with van der Waals surface area (Å²) in [5, 5.41) is 11.4. The number of rotatable bonds is 3. The summed E-state index contributed by atoms with van der Waals surface area (Å²) in [4.78, 5) is 30.8. The Balaban J connectivity index is 1.33. The van der Waals surface area contributed by atoms with E-state index in [9.17, 15) is 19.0 Å². The number of aliphatic hydroxyl groups excluding tert-OH is 1. The van der Waals surface area contributed by atoms with E-state index in [4.69, 9.17) is 33.3 Å². The minimum Gasteiger partial charge on any atom is -0.474 e. The lowest BCUT2D eigenvalue weighted by Crippen LogP contribution is -2.48. The molecular formula is C20H25N7O10P2S2. The second-order valence-electron chi connectivity index (χ2n) is 9.66. The van der Waals surface area contributed by atoms with Crippen molar-refractivity contribution in [3.8, 4) is 5.88 Å². The highest BCUT2D eigenvalue weighted by Crippen LogP contribution is 2.61. The van der Waals surface area contributed by atoms with Gasteiger partial charge in [-0.2, -0.15) is 4.98 Å². The van der Waals surface area contributed by atoms with E-state index in [0.29, 0.717) is 12.3 Å². The monoisotopic (exact) mass is 649 g/mol. The van der Waals surface area contributed by atoms with Crippen LogP contribution >= 0.6 is 38.1 Å². The van der Waals surface area contributed by atoms with Crippen LogP contribution in [0.2, 0.25) is 0 Å². The van der Waals surface area contributed by atoms with Crippen LogP contribution in [-0.2, 0) is 37.7 Å². The van der Waals surface area contributed by atoms with Crippen LogP contribution in [0.5, 0.6) is 5.88 Å². The zero-order chi connectivity index (χ0) is 29.0. The number of imidazole rings is 1. The van der Waals surface area contributed by atoms with Crippen molar-refractivity contribution in [2.24, 2.45) is 5.92 Å². The third kappa shape index (κ3) is 5.80. The number of aromatic nitrogens is 6. The van der Waals surface area contributed by atoms with Gasteiger partial charge < -0.3 is 24.8 Å². The molecule has 222 valence electrons. The van der Waals surface area contributed by atoms with Crippen LogP contribution < -0.4 is 16.0 Å². The molecular weight excluding hydrogens is 624 g/mol. The van der Waals surface area contributed by atoms with Gasteiger partial charge in [0.05, 0.1) is 32.3 Å². The Hall–Kier alpha value is -2.05. The standard InChI is InChI=1S/C20H25N7O10P2S2/c21-19-25-17-15(18(29)26-19)24-9-27(17)20-7-32-13(16(20)28)6-34-38(30,40)36-12-4-11(35-14-1-2-22-8-23-14)3-10(12)5-33-39(31,41)37-20/h1-2,8-13,16,28H,3-7H2,(H,30,40)(H,31,41)(H3,21,25,26,29)/t10-,11-,12+,13+,16-,20-,38?,39?/m1/s1. The van der Waals surface area contributed by atoms with Crippen LogP contribution in [-0.4, -0.2) is 78.8 Å². The highest BCUT2D eigenvalue weighted by Gasteiger charge is 2.57. The first kappa shape index (κ1) is 29.0. The Kier molecular flexibility index (Phi) is 7.72. The van der Waals surface area contributed by atoms with Gasteiger partial charge in [-0.15, -0.1) is 0 Å². The van der Waals surface area contributed by atoms with Crippen LogP contribution in [0.3, 0.4) is 0 Å². The van der Waals surface area contributed by atoms with Crippen LogP contribution in [0.1, 0.15) is 12.8 Å². The molecule has 17 nitrogen and oxygen atoms in total. The molecule has 21 heteroatoms. The van der Waals surface area contributed by atoms with E-state index in [1.807, 2.05) is 0 Å². The molecule has 3 aromatic rings. The number of anilines is 1. The van der Waals surface area contributed by atoms with Crippen molar-refractivity contribution >= 4 is 55.2 Å². The quantitative estimate of drug-likeness (QED) is 0.199. The smallest absolute Gasteiger partial charge is 0.388 e. The molecule has 6 rings (SSSR count). The van der Waals surface area contributed by atoms with Crippen LogP contribution in [0.15, 0.2) is 29.7 Å². The van der Waals surface area contributed by atoms with E-state index >= 15 is 0 Å². The SMILES string of the molecule is Nc1nc2c(ncn2[C@]23CO[C@@H](COP(=O)(S)O[C@H]4C[C@H](Oc5ccncn5)C[C@@H]4COP(=O)(S)O2)[C@H]3O)c(=O)[nH]1. The van der Waals surface area contributed by atoms with Gasteiger partial charge in [0.1, 0.15) is 24.6 Å². The maximum absolute atomic E-state index is 13.7. The molecule has 0 aromatic carbocycles. The Morgan fingerprint density at radius 2 is 1.98 bits per heavy atom. The summed E-state index contributed by atoms with van der Waals surface area (Å²) in [6.07, 6.45) is 0.640. The number of hydrogen-bond donors (Lipinski definition) is 5. The third-order valence-electron chi connectivity index (χ3n) is 6.98. The largest absolute Gasteiger partial charge is 0.474 e. The molecule has 1 aliphatic carbocycles. The molecule has 5 heterocycles. The van der Waals surface area contributed by atoms with Gasteiger partial charge in [-0.25, -0.2) is 24.1 Å². The first-order valence-corrected chi connectivity index (χ1v) is 17.6. The van der Waals surface area contributed by atoms with Gasteiger partial charge in [-0.1, -0.05) is 24.5 Å². The maximum atomic E-state index is 13.7. The first-order valence-electron chi connectivity index (χ1n) is 12.2. The van der Waals surface area contributed by atoms with E-state index in [0.717, 1.165) is 6.33 Å². The Morgan fingerprint density at radius 3 is 2.76 bits per heavy atom. The van der Waals surface area contributed by atoms with Crippen molar-refractivity contribution in [1.82, 2.24) is 29.5 Å². The third-order valence-corrected chi connectivity index (χ3v) is 10.2. The van der Waals surface area contributed by atoms with Gasteiger partial charge in [0, 0.05) is 24.6 Å². The number of nitrogens with one attached hydrogen (secondary N) is 1. The van der Waals surface area contributed by atoms with Crippen LogP contribution in [0.4, 0.5) is 5.95 Å². The molecule has 41 heavy (non-hydrogen) atoms. The number of fused-ring (bicyclic) bond motifs is 4. The van der Waals surface area contributed by atoms with Gasteiger partial charge in [0.15, 0.2) is 11.2 Å². The summed E-state index contributed by atoms with van der Waals surface area (Å²) in [6.45, 7) is -9.43. The number of aliphatic hydroxyl groups is 1. The summed E-state index contributed by atoms with van der Waals surface area (Å²) >= 11 is 8.29. The van der Waals surface area contributed by atoms with Crippen molar-refractivity contribution in [3.63, 3.8) is 0 Å². The summed E-state index contributed by atoms with van der Waals surface area (Å²) in [5.41, 5.74) is 2.86. The maximum Gasteiger partial charge on any atom is 0.388 e. The van der Waals surface area contributed by atoms with Gasteiger partial charge in [0.2, 0.25) is 17.6 Å². The summed E-state index contributed by atoms with van der Waals surface area (Å²) < 4.78 is 62.6. The fourth-order valence-electron chi connectivity index (χ4n) is 5.11. The predicted octanol–water partition coefficient (Wildman–Crippen LogP) is 1.29. The summed E-state index contributed by atoms with van der Waals surface area (Å²) in [7, 11) is 0. The molecule has 3 fully saturated rings. The van der Waals surface area contributed by atoms with E-state index in [1.54, 1.807) is 6.07 Å². The molecule has 3 aromatic heterocycles. The van der Waals surface area contributed by atoms with E-state index in [2.05, 4.69) is 49.4 Å². The average molecular weight is 650 g/mol.